The molecule has 1 aliphatic rings. The van der Waals surface area contributed by atoms with Gasteiger partial charge in [0.15, 0.2) is 5.76 Å². The highest BCUT2D eigenvalue weighted by Gasteiger charge is 2.27. The van der Waals surface area contributed by atoms with Gasteiger partial charge < -0.3 is 19.0 Å². The normalized spacial score (nSPS) is 14.6. The van der Waals surface area contributed by atoms with Crippen LogP contribution in [0.5, 0.6) is 5.75 Å². The monoisotopic (exact) mass is 328 g/mol. The molecule has 1 saturated heterocycles. The highest BCUT2D eigenvalue weighted by Crippen LogP contribution is 2.20. The van der Waals surface area contributed by atoms with E-state index in [4.69, 9.17) is 9.15 Å². The number of hydrogen-bond acceptors (Lipinski definition) is 4. The minimum atomic E-state index is -0.132. The lowest BCUT2D eigenvalue weighted by atomic mass is 10.1. The van der Waals surface area contributed by atoms with E-state index in [2.05, 4.69) is 0 Å². The van der Waals surface area contributed by atoms with Crippen molar-refractivity contribution in [3.8, 4) is 5.75 Å². The predicted octanol–water partition coefficient (Wildman–Crippen LogP) is 2.19. The number of piperazine rings is 1. The Hall–Kier alpha value is -2.76. The van der Waals surface area contributed by atoms with Crippen molar-refractivity contribution < 1.29 is 18.7 Å². The number of rotatable bonds is 3. The summed E-state index contributed by atoms with van der Waals surface area (Å²) in [7, 11) is 1.55. The molecule has 0 N–H and O–H groups in total. The summed E-state index contributed by atoms with van der Waals surface area (Å²) in [6.45, 7) is 3.75. The van der Waals surface area contributed by atoms with Crippen LogP contribution in [0.1, 0.15) is 26.7 Å². The predicted molar refractivity (Wildman–Crippen MR) is 88.2 cm³/mol. The van der Waals surface area contributed by atoms with Crippen LogP contribution >= 0.6 is 0 Å². The number of hydrogen-bond donors (Lipinski definition) is 0. The van der Waals surface area contributed by atoms with Crippen LogP contribution in [0.25, 0.3) is 0 Å². The number of nitrogens with zero attached hydrogens (tertiary/aromatic N) is 2. The summed E-state index contributed by atoms with van der Waals surface area (Å²) in [5, 5.41) is 0. The third-order valence-electron chi connectivity index (χ3n) is 4.14. The smallest absolute Gasteiger partial charge is 0.289 e. The van der Waals surface area contributed by atoms with E-state index in [0.717, 1.165) is 0 Å². The molecule has 1 fully saturated rings. The fraction of sp³-hybridized carbons (Fsp3) is 0.333. The maximum absolute atomic E-state index is 12.7. The number of ether oxygens (including phenoxy) is 1. The van der Waals surface area contributed by atoms with Crippen molar-refractivity contribution >= 4 is 11.8 Å². The fourth-order valence-corrected chi connectivity index (χ4v) is 2.81. The highest BCUT2D eigenvalue weighted by molar-refractivity contribution is 5.97. The van der Waals surface area contributed by atoms with Gasteiger partial charge in [0.2, 0.25) is 0 Å². The van der Waals surface area contributed by atoms with Crippen LogP contribution in [0, 0.1) is 6.92 Å². The Labute approximate surface area is 140 Å². The number of amides is 2. The molecular formula is C18H20N2O4. The van der Waals surface area contributed by atoms with Gasteiger partial charge in [-0.1, -0.05) is 12.1 Å². The van der Waals surface area contributed by atoms with Gasteiger partial charge in [-0.15, -0.1) is 0 Å². The van der Waals surface area contributed by atoms with Crippen molar-refractivity contribution in [3.63, 3.8) is 0 Å². The lowest BCUT2D eigenvalue weighted by Gasteiger charge is -2.34. The van der Waals surface area contributed by atoms with Crippen molar-refractivity contribution in [3.05, 3.63) is 53.5 Å². The van der Waals surface area contributed by atoms with E-state index >= 15 is 0 Å². The van der Waals surface area contributed by atoms with Gasteiger partial charge in [-0.2, -0.15) is 0 Å². The topological polar surface area (TPSA) is 63.0 Å². The Kier molecular flexibility index (Phi) is 4.55. The lowest BCUT2D eigenvalue weighted by Crippen LogP contribution is -2.50. The number of carbonyl (C=O) groups is 2. The second-order valence-corrected chi connectivity index (χ2v) is 5.69. The molecule has 0 atom stereocenters. The first-order valence-corrected chi connectivity index (χ1v) is 7.88. The molecule has 6 nitrogen and oxygen atoms in total. The van der Waals surface area contributed by atoms with E-state index in [9.17, 15) is 9.59 Å². The lowest BCUT2D eigenvalue weighted by molar-refractivity contribution is 0.0516. The number of furan rings is 1. The Balaban J connectivity index is 1.64. The molecule has 1 aromatic heterocycles. The van der Waals surface area contributed by atoms with Crippen LogP contribution in [-0.4, -0.2) is 54.9 Å². The van der Waals surface area contributed by atoms with E-state index in [1.54, 1.807) is 48.1 Å². The van der Waals surface area contributed by atoms with Gasteiger partial charge >= 0.3 is 0 Å². The van der Waals surface area contributed by atoms with Gasteiger partial charge in [-0.25, -0.2) is 0 Å². The number of carbonyl (C=O) groups excluding carboxylic acids is 2. The zero-order chi connectivity index (χ0) is 17.1. The third kappa shape index (κ3) is 3.13. The number of benzene rings is 1. The number of para-hydroxylation sites is 1. The van der Waals surface area contributed by atoms with Gasteiger partial charge in [-0.05, 0) is 31.2 Å². The van der Waals surface area contributed by atoms with Crippen molar-refractivity contribution in [1.29, 1.82) is 0 Å². The minimum absolute atomic E-state index is 0.0756. The summed E-state index contributed by atoms with van der Waals surface area (Å²) in [5.41, 5.74) is 0.543. The maximum Gasteiger partial charge on any atom is 0.289 e. The second-order valence-electron chi connectivity index (χ2n) is 5.69. The first-order chi connectivity index (χ1) is 11.6. The summed E-state index contributed by atoms with van der Waals surface area (Å²) < 4.78 is 10.6. The molecule has 24 heavy (non-hydrogen) atoms. The van der Waals surface area contributed by atoms with E-state index in [1.807, 2.05) is 12.1 Å². The zero-order valence-electron chi connectivity index (χ0n) is 13.8. The molecule has 1 aromatic carbocycles. The molecule has 2 heterocycles. The van der Waals surface area contributed by atoms with Gasteiger partial charge in [-0.3, -0.25) is 9.59 Å². The van der Waals surface area contributed by atoms with Crippen molar-refractivity contribution in [2.45, 2.75) is 6.92 Å². The molecule has 2 amide bonds. The summed E-state index contributed by atoms with van der Waals surface area (Å²) in [6, 6.07) is 10.6. The van der Waals surface area contributed by atoms with Crippen LogP contribution in [0.2, 0.25) is 0 Å². The maximum atomic E-state index is 12.7. The zero-order valence-corrected chi connectivity index (χ0v) is 13.8. The van der Waals surface area contributed by atoms with Crippen LogP contribution < -0.4 is 4.74 Å². The second kappa shape index (κ2) is 6.78. The Morgan fingerprint density at radius 3 is 2.17 bits per heavy atom. The largest absolute Gasteiger partial charge is 0.496 e. The van der Waals surface area contributed by atoms with Crippen LogP contribution in [0.15, 0.2) is 40.8 Å². The van der Waals surface area contributed by atoms with Gasteiger partial charge in [0.05, 0.1) is 12.7 Å². The Morgan fingerprint density at radius 1 is 0.958 bits per heavy atom. The SMILES string of the molecule is COc1ccccc1C(=O)N1CCN(C(=O)c2ccc(C)o2)CC1. The van der Waals surface area contributed by atoms with Gasteiger partial charge in [0.25, 0.3) is 11.8 Å². The standard InChI is InChI=1S/C18H20N2O4/c1-13-7-8-16(24-13)18(22)20-11-9-19(10-12-20)17(21)14-5-3-4-6-15(14)23-2/h3-8H,9-12H2,1-2H3. The van der Waals surface area contributed by atoms with Crippen molar-refractivity contribution in [2.75, 3.05) is 33.3 Å². The third-order valence-corrected chi connectivity index (χ3v) is 4.14. The molecular weight excluding hydrogens is 308 g/mol. The van der Waals surface area contributed by atoms with E-state index in [-0.39, 0.29) is 11.8 Å². The van der Waals surface area contributed by atoms with E-state index in [1.165, 1.54) is 0 Å². The summed E-state index contributed by atoms with van der Waals surface area (Å²) in [5.74, 6) is 1.41. The number of methoxy groups -OCH3 is 1. The molecule has 0 saturated carbocycles. The summed E-state index contributed by atoms with van der Waals surface area (Å²) in [6.07, 6.45) is 0. The molecule has 0 bridgehead atoms. The Morgan fingerprint density at radius 2 is 1.58 bits per heavy atom. The summed E-state index contributed by atoms with van der Waals surface area (Å²) >= 11 is 0. The van der Waals surface area contributed by atoms with Gasteiger partial charge in [0.1, 0.15) is 11.5 Å². The minimum Gasteiger partial charge on any atom is -0.496 e. The van der Waals surface area contributed by atoms with E-state index in [0.29, 0.717) is 49.0 Å². The highest BCUT2D eigenvalue weighted by atomic mass is 16.5. The van der Waals surface area contributed by atoms with Crippen molar-refractivity contribution in [2.24, 2.45) is 0 Å². The molecule has 0 aliphatic carbocycles. The molecule has 1 aliphatic heterocycles. The average molecular weight is 328 g/mol. The Bertz CT molecular complexity index is 745. The molecule has 126 valence electrons. The van der Waals surface area contributed by atoms with Crippen molar-refractivity contribution in [1.82, 2.24) is 9.80 Å². The molecule has 2 aromatic rings. The molecule has 0 spiro atoms. The fourth-order valence-electron chi connectivity index (χ4n) is 2.81. The molecule has 0 radical (unpaired) electrons. The first kappa shape index (κ1) is 16.1. The summed E-state index contributed by atoms with van der Waals surface area (Å²) in [4.78, 5) is 28.5. The van der Waals surface area contributed by atoms with Crippen LogP contribution in [0.3, 0.4) is 0 Å². The number of aryl methyl sites for hydroxylation is 1. The quantitative estimate of drug-likeness (QED) is 0.866. The average Bonchev–Trinajstić information content (AvgIpc) is 3.07. The molecule has 0 unspecified atom stereocenters. The first-order valence-electron chi connectivity index (χ1n) is 7.88. The molecule has 3 rings (SSSR count). The van der Waals surface area contributed by atoms with Crippen LogP contribution in [0.4, 0.5) is 0 Å². The molecule has 6 heteroatoms. The van der Waals surface area contributed by atoms with Crippen LogP contribution in [-0.2, 0) is 0 Å². The van der Waals surface area contributed by atoms with Gasteiger partial charge in [0, 0.05) is 26.2 Å². The van der Waals surface area contributed by atoms with E-state index < -0.39 is 0 Å².